The van der Waals surface area contributed by atoms with Gasteiger partial charge in [0.05, 0.1) is 12.7 Å². The topological polar surface area (TPSA) is 26.3 Å². The molecule has 0 radical (unpaired) electrons. The summed E-state index contributed by atoms with van der Waals surface area (Å²) in [5.41, 5.74) is 7.81. The van der Waals surface area contributed by atoms with Gasteiger partial charge in [0.1, 0.15) is 0 Å². The molecule has 150 valence electrons. The Hall–Kier alpha value is -2.35. The minimum Gasteiger partial charge on any atom is -0.465 e. The van der Waals surface area contributed by atoms with Crippen LogP contribution < -0.4 is 0 Å². The van der Waals surface area contributed by atoms with Crippen LogP contribution in [0.3, 0.4) is 0 Å². The van der Waals surface area contributed by atoms with Crippen LogP contribution in [0.15, 0.2) is 49.0 Å². The lowest BCUT2D eigenvalue weighted by atomic mass is 9.63. The van der Waals surface area contributed by atoms with Crippen molar-refractivity contribution in [2.45, 2.75) is 65.2 Å². The molecule has 0 fully saturated rings. The number of hydrogen-bond acceptors (Lipinski definition) is 2. The monoisotopic (exact) mass is 378 g/mol. The summed E-state index contributed by atoms with van der Waals surface area (Å²) in [6, 6.07) is 14.2. The molecule has 2 aromatic carbocycles. The maximum absolute atomic E-state index is 11.0. The van der Waals surface area contributed by atoms with E-state index in [0.29, 0.717) is 16.4 Å². The molecule has 0 aliphatic heterocycles. The molecule has 0 amide bonds. The molecule has 1 aliphatic carbocycles. The Balaban J connectivity index is 0.000000203. The van der Waals surface area contributed by atoms with Gasteiger partial charge in [-0.25, -0.2) is 4.79 Å². The molecule has 0 N–H and O–H groups in total. The van der Waals surface area contributed by atoms with Crippen LogP contribution >= 0.6 is 0 Å². The molecule has 2 aromatic rings. The number of methoxy groups -OCH3 is 1. The Bertz CT molecular complexity index is 855. The Morgan fingerprint density at radius 3 is 1.89 bits per heavy atom. The number of carbonyl (C=O) groups excluding carboxylic acids is 1. The van der Waals surface area contributed by atoms with Gasteiger partial charge in [0.2, 0.25) is 0 Å². The van der Waals surface area contributed by atoms with Gasteiger partial charge >= 0.3 is 5.97 Å². The van der Waals surface area contributed by atoms with Gasteiger partial charge in [-0.1, -0.05) is 75.7 Å². The second-order valence-corrected chi connectivity index (χ2v) is 9.17. The summed E-state index contributed by atoms with van der Waals surface area (Å²) in [5, 5.41) is 0. The van der Waals surface area contributed by atoms with Crippen molar-refractivity contribution in [2.24, 2.45) is 0 Å². The van der Waals surface area contributed by atoms with Crippen molar-refractivity contribution in [3.05, 3.63) is 76.9 Å². The van der Waals surface area contributed by atoms with E-state index in [0.717, 1.165) is 11.1 Å². The largest absolute Gasteiger partial charge is 0.465 e. The third kappa shape index (κ3) is 4.92. The number of esters is 1. The van der Waals surface area contributed by atoms with Crippen molar-refractivity contribution in [3.63, 3.8) is 0 Å². The van der Waals surface area contributed by atoms with E-state index in [9.17, 15) is 4.79 Å². The molecule has 0 saturated heterocycles. The zero-order valence-electron chi connectivity index (χ0n) is 18.5. The van der Waals surface area contributed by atoms with E-state index in [-0.39, 0.29) is 5.97 Å². The van der Waals surface area contributed by atoms with E-state index >= 15 is 0 Å². The fourth-order valence-electron chi connectivity index (χ4n) is 3.71. The first-order valence-electron chi connectivity index (χ1n) is 9.94. The first-order chi connectivity index (χ1) is 13.0. The summed E-state index contributed by atoms with van der Waals surface area (Å²) in [5.74, 6) is -0.312. The van der Waals surface area contributed by atoms with Crippen LogP contribution in [0.25, 0.3) is 5.57 Å². The maximum Gasteiger partial charge on any atom is 0.337 e. The summed E-state index contributed by atoms with van der Waals surface area (Å²) < 4.78 is 4.58. The van der Waals surface area contributed by atoms with Crippen molar-refractivity contribution in [1.82, 2.24) is 0 Å². The van der Waals surface area contributed by atoms with Crippen molar-refractivity contribution in [1.29, 1.82) is 0 Å². The first kappa shape index (κ1) is 21.9. The van der Waals surface area contributed by atoms with Crippen molar-refractivity contribution in [3.8, 4) is 0 Å². The summed E-state index contributed by atoms with van der Waals surface area (Å²) in [6.45, 7) is 17.4. The number of carbonyl (C=O) groups is 1. The van der Waals surface area contributed by atoms with Gasteiger partial charge in [-0.05, 0) is 66.3 Å². The van der Waals surface area contributed by atoms with Crippen LogP contribution in [0.2, 0.25) is 0 Å². The number of aryl methyl sites for hydroxylation is 1. The number of hydrogen-bond donors (Lipinski definition) is 0. The highest BCUT2D eigenvalue weighted by molar-refractivity contribution is 5.89. The lowest BCUT2D eigenvalue weighted by Gasteiger charge is -2.42. The Morgan fingerprint density at radius 1 is 0.893 bits per heavy atom. The predicted octanol–water partition coefficient (Wildman–Crippen LogP) is 6.85. The molecule has 0 bridgehead atoms. The molecule has 0 saturated carbocycles. The van der Waals surface area contributed by atoms with Crippen molar-refractivity contribution < 1.29 is 9.53 Å². The standard InChI is InChI=1S/C15H22.C11H12O2/c1-11-6-7-12-13(10-11)15(4,5)9-8-14(12,2)3;1-8(2)9-4-6-10(7-5-9)11(12)13-3/h6-7,10H,8-9H2,1-5H3;4-7H,1H2,2-3H3. The van der Waals surface area contributed by atoms with E-state index in [4.69, 9.17) is 0 Å². The lowest BCUT2D eigenvalue weighted by molar-refractivity contribution is 0.0600. The third-order valence-corrected chi connectivity index (χ3v) is 5.81. The molecule has 3 rings (SSSR count). The highest BCUT2D eigenvalue weighted by Crippen LogP contribution is 2.45. The van der Waals surface area contributed by atoms with Crippen LogP contribution in [0, 0.1) is 6.92 Å². The Morgan fingerprint density at radius 2 is 1.39 bits per heavy atom. The van der Waals surface area contributed by atoms with Crippen LogP contribution in [-0.4, -0.2) is 13.1 Å². The van der Waals surface area contributed by atoms with Crippen LogP contribution in [0.1, 0.15) is 80.1 Å². The molecule has 2 nitrogen and oxygen atoms in total. The van der Waals surface area contributed by atoms with Gasteiger partial charge in [-0.3, -0.25) is 0 Å². The minimum atomic E-state index is -0.312. The molecule has 2 heteroatoms. The average molecular weight is 379 g/mol. The third-order valence-electron chi connectivity index (χ3n) is 5.81. The van der Waals surface area contributed by atoms with Crippen molar-refractivity contribution in [2.75, 3.05) is 7.11 Å². The molecule has 28 heavy (non-hydrogen) atoms. The van der Waals surface area contributed by atoms with Crippen LogP contribution in [0.5, 0.6) is 0 Å². The number of fused-ring (bicyclic) bond motifs is 1. The Kier molecular flexibility index (Phi) is 6.54. The van der Waals surface area contributed by atoms with E-state index in [1.165, 1.54) is 25.5 Å². The Labute approximate surface area is 170 Å². The fraction of sp³-hybridized carbons (Fsp3) is 0.423. The molecular weight excluding hydrogens is 344 g/mol. The van der Waals surface area contributed by atoms with E-state index in [2.05, 4.69) is 64.1 Å². The smallest absolute Gasteiger partial charge is 0.337 e. The fourth-order valence-corrected chi connectivity index (χ4v) is 3.71. The number of rotatable bonds is 2. The summed E-state index contributed by atoms with van der Waals surface area (Å²) >= 11 is 0. The van der Waals surface area contributed by atoms with Gasteiger partial charge in [0.15, 0.2) is 0 Å². The second-order valence-electron chi connectivity index (χ2n) is 9.17. The molecule has 0 atom stereocenters. The zero-order valence-corrected chi connectivity index (χ0v) is 18.5. The quantitative estimate of drug-likeness (QED) is 0.534. The summed E-state index contributed by atoms with van der Waals surface area (Å²) in [7, 11) is 1.37. The summed E-state index contributed by atoms with van der Waals surface area (Å²) in [4.78, 5) is 11.0. The minimum absolute atomic E-state index is 0.312. The normalized spacial score (nSPS) is 16.2. The molecule has 0 heterocycles. The van der Waals surface area contributed by atoms with Crippen LogP contribution in [0.4, 0.5) is 0 Å². The SMILES string of the molecule is C=C(C)c1ccc(C(=O)OC)cc1.Cc1ccc2c(c1)C(C)(C)CCC2(C)C. The van der Waals surface area contributed by atoms with E-state index < -0.39 is 0 Å². The number of allylic oxidation sites excluding steroid dienone is 1. The van der Waals surface area contributed by atoms with Crippen molar-refractivity contribution >= 4 is 11.5 Å². The highest BCUT2D eigenvalue weighted by Gasteiger charge is 2.36. The molecule has 0 aromatic heterocycles. The molecule has 0 unspecified atom stereocenters. The average Bonchev–Trinajstić information content (AvgIpc) is 2.65. The number of ether oxygens (including phenoxy) is 1. The van der Waals surface area contributed by atoms with Gasteiger partial charge < -0.3 is 4.74 Å². The second kappa shape index (κ2) is 8.34. The predicted molar refractivity (Wildman–Crippen MR) is 119 cm³/mol. The first-order valence-corrected chi connectivity index (χ1v) is 9.94. The van der Waals surface area contributed by atoms with Gasteiger partial charge in [0.25, 0.3) is 0 Å². The highest BCUT2D eigenvalue weighted by atomic mass is 16.5. The zero-order chi connectivity index (χ0) is 21.1. The van der Waals surface area contributed by atoms with E-state index in [1.807, 2.05) is 19.1 Å². The lowest BCUT2D eigenvalue weighted by Crippen LogP contribution is -2.33. The van der Waals surface area contributed by atoms with Crippen LogP contribution in [-0.2, 0) is 15.6 Å². The van der Waals surface area contributed by atoms with Gasteiger partial charge in [-0.15, -0.1) is 0 Å². The van der Waals surface area contributed by atoms with Gasteiger partial charge in [-0.2, -0.15) is 0 Å². The maximum atomic E-state index is 11.0. The molecule has 0 spiro atoms. The van der Waals surface area contributed by atoms with E-state index in [1.54, 1.807) is 23.3 Å². The molecular formula is C26H34O2. The molecule has 1 aliphatic rings. The number of benzene rings is 2. The summed E-state index contributed by atoms with van der Waals surface area (Å²) in [6.07, 6.45) is 2.60. The van der Waals surface area contributed by atoms with Gasteiger partial charge in [0, 0.05) is 0 Å².